The number of nitrogens with zero attached hydrogens (tertiary/aromatic N) is 2. The van der Waals surface area contributed by atoms with E-state index in [1.54, 1.807) is 13.0 Å². The highest BCUT2D eigenvalue weighted by molar-refractivity contribution is 6.07. The first-order valence-corrected chi connectivity index (χ1v) is 8.50. The topological polar surface area (TPSA) is 134 Å². The van der Waals surface area contributed by atoms with Gasteiger partial charge >= 0.3 is 17.9 Å². The molecule has 10 heteroatoms. The molecule has 0 N–H and O–H groups in total. The summed E-state index contributed by atoms with van der Waals surface area (Å²) < 4.78 is 14.4. The van der Waals surface area contributed by atoms with E-state index in [0.717, 1.165) is 7.11 Å². The molecule has 0 saturated carbocycles. The van der Waals surface area contributed by atoms with E-state index in [9.17, 15) is 24.5 Å². The van der Waals surface area contributed by atoms with Crippen molar-refractivity contribution in [3.8, 4) is 0 Å². The maximum Gasteiger partial charge on any atom is 0.336 e. The predicted octanol–water partition coefficient (Wildman–Crippen LogP) is 1.93. The Morgan fingerprint density at radius 2 is 1.83 bits per heavy atom. The quantitative estimate of drug-likeness (QED) is 0.304. The predicted molar refractivity (Wildman–Crippen MR) is 100 cm³/mol. The van der Waals surface area contributed by atoms with Crippen LogP contribution in [0.25, 0.3) is 0 Å². The first-order valence-electron chi connectivity index (χ1n) is 8.50. The Morgan fingerprint density at radius 3 is 2.38 bits per heavy atom. The second-order valence-corrected chi connectivity index (χ2v) is 6.19. The number of esters is 3. The van der Waals surface area contributed by atoms with Crippen molar-refractivity contribution in [2.75, 3.05) is 21.3 Å². The van der Waals surface area contributed by atoms with E-state index in [1.807, 2.05) is 0 Å². The highest BCUT2D eigenvalue weighted by Crippen LogP contribution is 2.41. The van der Waals surface area contributed by atoms with Gasteiger partial charge in [-0.1, -0.05) is 12.1 Å². The number of nitro groups is 1. The molecule has 0 fully saturated rings. The van der Waals surface area contributed by atoms with Gasteiger partial charge in [0.1, 0.15) is 5.92 Å². The number of hydrogen-bond acceptors (Lipinski definition) is 9. The second kappa shape index (κ2) is 9.09. The van der Waals surface area contributed by atoms with Crippen molar-refractivity contribution in [2.45, 2.75) is 19.3 Å². The zero-order valence-corrected chi connectivity index (χ0v) is 16.3. The molecule has 0 saturated heterocycles. The lowest BCUT2D eigenvalue weighted by Gasteiger charge is -2.31. The molecule has 0 aliphatic carbocycles. The van der Waals surface area contributed by atoms with Gasteiger partial charge in [0.15, 0.2) is 0 Å². The standard InChI is InChI=1S/C19H20N2O8/c1-10-15(18(23)28-3)16(11-6-5-7-12(8-11)21(25)26)17(19(24)29-4)13(20-10)9-14(22)27-2/h5-8,15-16H,9H2,1-4H3/t15?,16-/m0/s1. The van der Waals surface area contributed by atoms with E-state index in [1.165, 1.54) is 32.4 Å². The second-order valence-electron chi connectivity index (χ2n) is 6.19. The van der Waals surface area contributed by atoms with E-state index >= 15 is 0 Å². The van der Waals surface area contributed by atoms with Crippen LogP contribution < -0.4 is 0 Å². The van der Waals surface area contributed by atoms with Crippen LogP contribution in [-0.2, 0) is 28.6 Å². The molecule has 0 aromatic heterocycles. The Labute approximate surface area is 166 Å². The summed E-state index contributed by atoms with van der Waals surface area (Å²) in [5, 5.41) is 11.2. The van der Waals surface area contributed by atoms with Crippen LogP contribution in [0.4, 0.5) is 5.69 Å². The fourth-order valence-electron chi connectivity index (χ4n) is 3.25. The number of rotatable bonds is 6. The molecule has 0 bridgehead atoms. The number of hydrogen-bond donors (Lipinski definition) is 0. The van der Waals surface area contributed by atoms with Crippen molar-refractivity contribution in [3.63, 3.8) is 0 Å². The highest BCUT2D eigenvalue weighted by atomic mass is 16.6. The number of nitro benzene ring substituents is 1. The Morgan fingerprint density at radius 1 is 1.14 bits per heavy atom. The van der Waals surface area contributed by atoms with Crippen molar-refractivity contribution < 1.29 is 33.5 Å². The first kappa shape index (κ1) is 21.7. The fourth-order valence-corrected chi connectivity index (χ4v) is 3.25. The summed E-state index contributed by atoms with van der Waals surface area (Å²) in [5.74, 6) is -4.16. The van der Waals surface area contributed by atoms with Gasteiger partial charge < -0.3 is 14.2 Å². The molecule has 1 heterocycles. The third-order valence-corrected chi connectivity index (χ3v) is 4.56. The maximum atomic E-state index is 12.6. The monoisotopic (exact) mass is 404 g/mol. The fraction of sp³-hybridized carbons (Fsp3) is 0.368. The van der Waals surface area contributed by atoms with Gasteiger partial charge in [0.25, 0.3) is 5.69 Å². The van der Waals surface area contributed by atoms with Crippen LogP contribution in [-0.4, -0.2) is 49.9 Å². The molecule has 1 aliphatic heterocycles. The molecular formula is C19H20N2O8. The van der Waals surface area contributed by atoms with Crippen LogP contribution in [0.15, 0.2) is 40.5 Å². The van der Waals surface area contributed by atoms with Crippen LogP contribution >= 0.6 is 0 Å². The van der Waals surface area contributed by atoms with Gasteiger partial charge in [0.05, 0.1) is 43.9 Å². The van der Waals surface area contributed by atoms with Gasteiger partial charge in [-0.25, -0.2) is 4.79 Å². The van der Waals surface area contributed by atoms with E-state index in [2.05, 4.69) is 9.73 Å². The van der Waals surface area contributed by atoms with E-state index < -0.39 is 34.7 Å². The number of non-ortho nitro benzene ring substituents is 1. The van der Waals surface area contributed by atoms with Crippen molar-refractivity contribution in [1.82, 2.24) is 0 Å². The van der Waals surface area contributed by atoms with E-state index in [-0.39, 0.29) is 23.4 Å². The van der Waals surface area contributed by atoms with Gasteiger partial charge in [-0.3, -0.25) is 24.7 Å². The smallest absolute Gasteiger partial charge is 0.336 e. The number of methoxy groups -OCH3 is 3. The average molecular weight is 404 g/mol. The summed E-state index contributed by atoms with van der Waals surface area (Å²) in [6.45, 7) is 1.55. The summed E-state index contributed by atoms with van der Waals surface area (Å²) >= 11 is 0. The molecule has 1 aromatic carbocycles. The molecule has 2 atom stereocenters. The Balaban J connectivity index is 2.78. The SMILES string of the molecule is COC(=O)CC1=C(C(=O)OC)[C@@H](c2cccc([N+](=O)[O-])c2)C(C(=O)OC)C(C)=N1. The van der Waals surface area contributed by atoms with Gasteiger partial charge in [0.2, 0.25) is 0 Å². The van der Waals surface area contributed by atoms with Crippen LogP contribution in [0.1, 0.15) is 24.8 Å². The molecule has 0 spiro atoms. The number of carbonyl (C=O) groups excluding carboxylic acids is 3. The largest absolute Gasteiger partial charge is 0.469 e. The van der Waals surface area contributed by atoms with Gasteiger partial charge in [0, 0.05) is 23.8 Å². The van der Waals surface area contributed by atoms with E-state index in [0.29, 0.717) is 11.3 Å². The molecule has 10 nitrogen and oxygen atoms in total. The summed E-state index contributed by atoms with van der Waals surface area (Å²) in [6.07, 6.45) is -0.336. The molecule has 1 aliphatic rings. The van der Waals surface area contributed by atoms with Crippen LogP contribution in [0.2, 0.25) is 0 Å². The molecule has 0 amide bonds. The highest BCUT2D eigenvalue weighted by Gasteiger charge is 2.43. The van der Waals surface area contributed by atoms with Crippen LogP contribution in [0.3, 0.4) is 0 Å². The number of carbonyl (C=O) groups is 3. The third kappa shape index (κ3) is 4.48. The number of benzene rings is 1. The normalized spacial score (nSPS) is 18.6. The summed E-state index contributed by atoms with van der Waals surface area (Å²) in [6, 6.07) is 5.54. The molecule has 2 rings (SSSR count). The van der Waals surface area contributed by atoms with Crippen molar-refractivity contribution in [1.29, 1.82) is 0 Å². The van der Waals surface area contributed by atoms with Gasteiger partial charge in [-0.15, -0.1) is 0 Å². The summed E-state index contributed by atoms with van der Waals surface area (Å²) in [5.41, 5.74) is 0.397. The minimum Gasteiger partial charge on any atom is -0.469 e. The lowest BCUT2D eigenvalue weighted by molar-refractivity contribution is -0.384. The Hall–Kier alpha value is -3.56. The summed E-state index contributed by atoms with van der Waals surface area (Å²) in [4.78, 5) is 51.9. The van der Waals surface area contributed by atoms with Crippen molar-refractivity contribution in [3.05, 3.63) is 51.2 Å². The zero-order valence-electron chi connectivity index (χ0n) is 16.3. The number of aliphatic imine (C=N–C) groups is 1. The van der Waals surface area contributed by atoms with Crippen molar-refractivity contribution in [2.24, 2.45) is 10.9 Å². The lowest BCUT2D eigenvalue weighted by Crippen LogP contribution is -2.36. The van der Waals surface area contributed by atoms with Crippen LogP contribution in [0, 0.1) is 16.0 Å². The molecule has 29 heavy (non-hydrogen) atoms. The van der Waals surface area contributed by atoms with Gasteiger partial charge in [-0.2, -0.15) is 0 Å². The first-order chi connectivity index (χ1) is 13.7. The molecule has 1 aromatic rings. The molecule has 0 radical (unpaired) electrons. The molecule has 154 valence electrons. The molecular weight excluding hydrogens is 384 g/mol. The minimum absolute atomic E-state index is 0.0561. The van der Waals surface area contributed by atoms with Crippen molar-refractivity contribution >= 4 is 29.3 Å². The number of ether oxygens (including phenoxy) is 3. The lowest BCUT2D eigenvalue weighted by atomic mass is 9.75. The van der Waals surface area contributed by atoms with Crippen LogP contribution in [0.5, 0.6) is 0 Å². The average Bonchev–Trinajstić information content (AvgIpc) is 2.72. The van der Waals surface area contributed by atoms with Gasteiger partial charge in [-0.05, 0) is 12.5 Å². The third-order valence-electron chi connectivity index (χ3n) is 4.56. The Kier molecular flexibility index (Phi) is 6.81. The zero-order chi connectivity index (χ0) is 21.7. The Bertz CT molecular complexity index is 919. The molecule has 1 unspecified atom stereocenters. The summed E-state index contributed by atoms with van der Waals surface area (Å²) in [7, 11) is 3.52. The minimum atomic E-state index is -1.03. The maximum absolute atomic E-state index is 12.6. The van der Waals surface area contributed by atoms with E-state index in [4.69, 9.17) is 9.47 Å².